The summed E-state index contributed by atoms with van der Waals surface area (Å²) in [7, 11) is 1.89. The van der Waals surface area contributed by atoms with Gasteiger partial charge in [0.2, 0.25) is 5.82 Å². The van der Waals surface area contributed by atoms with Crippen molar-refractivity contribution in [2.75, 3.05) is 18.0 Å². The van der Waals surface area contributed by atoms with Gasteiger partial charge in [0.1, 0.15) is 5.82 Å². The van der Waals surface area contributed by atoms with Crippen molar-refractivity contribution < 1.29 is 4.39 Å². The molecule has 0 spiro atoms. The van der Waals surface area contributed by atoms with E-state index in [2.05, 4.69) is 51.4 Å². The zero-order valence-electron chi connectivity index (χ0n) is 18.9. The number of H-pyrrole nitrogens is 1. The van der Waals surface area contributed by atoms with Gasteiger partial charge in [-0.1, -0.05) is 26.8 Å². The second kappa shape index (κ2) is 7.69. The molecule has 1 N–H and O–H groups in total. The van der Waals surface area contributed by atoms with Crippen molar-refractivity contribution in [3.8, 4) is 22.5 Å². The van der Waals surface area contributed by atoms with Crippen molar-refractivity contribution in [3.05, 3.63) is 42.3 Å². The van der Waals surface area contributed by atoms with Gasteiger partial charge in [-0.15, -0.1) is 10.2 Å². The smallest absolute Gasteiger partial charge is 0.205 e. The summed E-state index contributed by atoms with van der Waals surface area (Å²) in [4.78, 5) is 2.27. The van der Waals surface area contributed by atoms with Gasteiger partial charge in [0.05, 0.1) is 11.7 Å². The number of aryl methyl sites for hydroxylation is 1. The zero-order chi connectivity index (χ0) is 22.5. The first kappa shape index (κ1) is 20.6. The third-order valence-electron chi connectivity index (χ3n) is 6.78. The molecule has 2 aromatic carbocycles. The Morgan fingerprint density at radius 3 is 2.56 bits per heavy atom. The molecule has 7 nitrogen and oxygen atoms in total. The number of hydrogen-bond acceptors (Lipinski definition) is 5. The Bertz CT molecular complexity index is 1250. The minimum Gasteiger partial charge on any atom is -0.371 e. The number of nitrogens with one attached hydrogen (secondary N) is 1. The Hall–Kier alpha value is -3.29. The maximum atomic E-state index is 15.7. The molecule has 1 aliphatic rings. The molecule has 32 heavy (non-hydrogen) atoms. The number of benzene rings is 2. The van der Waals surface area contributed by atoms with Crippen LogP contribution in [0.4, 0.5) is 10.1 Å². The number of nitrogens with zero attached hydrogens (tertiary/aromatic N) is 6. The molecule has 0 bridgehead atoms. The van der Waals surface area contributed by atoms with Crippen LogP contribution in [0.5, 0.6) is 0 Å². The van der Waals surface area contributed by atoms with Crippen molar-refractivity contribution >= 4 is 16.6 Å². The Kier molecular flexibility index (Phi) is 4.95. The Morgan fingerprint density at radius 1 is 1.09 bits per heavy atom. The largest absolute Gasteiger partial charge is 0.371 e. The van der Waals surface area contributed by atoms with E-state index in [4.69, 9.17) is 0 Å². The van der Waals surface area contributed by atoms with Gasteiger partial charge in [-0.25, -0.2) is 4.39 Å². The number of rotatable bonds is 3. The second-order valence-corrected chi connectivity index (χ2v) is 9.75. The fourth-order valence-electron chi connectivity index (χ4n) is 4.84. The third-order valence-corrected chi connectivity index (χ3v) is 6.78. The normalized spacial score (nSPS) is 15.6. The predicted octanol–water partition coefficient (Wildman–Crippen LogP) is 4.82. The maximum Gasteiger partial charge on any atom is 0.205 e. The molecular formula is C24H28FN7. The first-order chi connectivity index (χ1) is 15.3. The number of aromatic nitrogens is 6. The molecule has 0 aliphatic carbocycles. The van der Waals surface area contributed by atoms with Crippen LogP contribution in [0.3, 0.4) is 0 Å². The molecule has 1 fully saturated rings. The minimum absolute atomic E-state index is 0.288. The Balaban J connectivity index is 1.56. The van der Waals surface area contributed by atoms with Gasteiger partial charge in [0, 0.05) is 42.3 Å². The van der Waals surface area contributed by atoms with Gasteiger partial charge in [-0.3, -0.25) is 4.68 Å². The van der Waals surface area contributed by atoms with Crippen LogP contribution >= 0.6 is 0 Å². The first-order valence-corrected chi connectivity index (χ1v) is 11.1. The molecule has 8 heteroatoms. The number of halogens is 1. The number of piperidine rings is 1. The van der Waals surface area contributed by atoms with Crippen LogP contribution in [0, 0.1) is 17.2 Å². The van der Waals surface area contributed by atoms with Gasteiger partial charge in [0.15, 0.2) is 0 Å². The summed E-state index contributed by atoms with van der Waals surface area (Å²) in [5.74, 6) is 0.769. The van der Waals surface area contributed by atoms with Crippen LogP contribution in [-0.2, 0) is 7.05 Å². The highest BCUT2D eigenvalue weighted by atomic mass is 19.1. The number of fused-ring (bicyclic) bond motifs is 1. The van der Waals surface area contributed by atoms with Gasteiger partial charge in [-0.2, -0.15) is 10.3 Å². The molecule has 0 saturated carbocycles. The summed E-state index contributed by atoms with van der Waals surface area (Å²) in [5.41, 5.74) is 4.03. The van der Waals surface area contributed by atoms with E-state index in [0.29, 0.717) is 28.3 Å². The van der Waals surface area contributed by atoms with Gasteiger partial charge < -0.3 is 4.90 Å². The van der Waals surface area contributed by atoms with Crippen LogP contribution in [0.1, 0.15) is 33.6 Å². The minimum atomic E-state index is -0.288. The molecule has 2 aromatic heterocycles. The van der Waals surface area contributed by atoms with E-state index >= 15 is 4.39 Å². The topological polar surface area (TPSA) is 75.5 Å². The van der Waals surface area contributed by atoms with Crippen LogP contribution in [-0.4, -0.2) is 43.5 Å². The highest BCUT2D eigenvalue weighted by Crippen LogP contribution is 2.40. The van der Waals surface area contributed by atoms with E-state index in [-0.39, 0.29) is 5.82 Å². The molecule has 0 unspecified atom stereocenters. The van der Waals surface area contributed by atoms with Crippen molar-refractivity contribution in [2.24, 2.45) is 18.4 Å². The zero-order valence-corrected chi connectivity index (χ0v) is 18.9. The number of aromatic amines is 1. The van der Waals surface area contributed by atoms with E-state index in [1.807, 2.05) is 31.3 Å². The molecule has 4 aromatic rings. The first-order valence-electron chi connectivity index (χ1n) is 11.1. The molecular weight excluding hydrogens is 405 g/mol. The molecule has 1 saturated heterocycles. The van der Waals surface area contributed by atoms with E-state index < -0.39 is 0 Å². The number of hydrogen-bond donors (Lipinski definition) is 1. The molecule has 3 heterocycles. The van der Waals surface area contributed by atoms with Crippen LogP contribution in [0.2, 0.25) is 0 Å². The SMILES string of the molecule is Cn1ncc2cc(-c3c(F)cc(N4CCC(C(C)(C)C)CC4)cc3-c3nn[nH]n3)ccc21. The summed E-state index contributed by atoms with van der Waals surface area (Å²) >= 11 is 0. The van der Waals surface area contributed by atoms with Crippen molar-refractivity contribution in [3.63, 3.8) is 0 Å². The maximum absolute atomic E-state index is 15.7. The lowest BCUT2D eigenvalue weighted by Gasteiger charge is -2.40. The highest BCUT2D eigenvalue weighted by Gasteiger charge is 2.29. The average molecular weight is 434 g/mol. The van der Waals surface area contributed by atoms with Gasteiger partial charge in [0.25, 0.3) is 0 Å². The van der Waals surface area contributed by atoms with Crippen LogP contribution < -0.4 is 4.90 Å². The van der Waals surface area contributed by atoms with Crippen LogP contribution in [0.15, 0.2) is 36.5 Å². The lowest BCUT2D eigenvalue weighted by atomic mass is 9.75. The summed E-state index contributed by atoms with van der Waals surface area (Å²) in [6.07, 6.45) is 3.99. The lowest BCUT2D eigenvalue weighted by Crippen LogP contribution is -2.38. The number of tetrazole rings is 1. The van der Waals surface area contributed by atoms with E-state index in [0.717, 1.165) is 48.1 Å². The fraction of sp³-hybridized carbons (Fsp3) is 0.417. The standard InChI is InChI=1S/C24H28FN7/c1-24(2,3)17-7-9-32(10-8-17)18-12-19(23-27-29-30-28-23)22(20(25)13-18)15-5-6-21-16(11-15)14-26-31(21)4/h5-6,11-14,17H,7-10H2,1-4H3,(H,27,28,29,30). The Labute approximate surface area is 186 Å². The summed E-state index contributed by atoms with van der Waals surface area (Å²) in [6, 6.07) is 9.47. The van der Waals surface area contributed by atoms with Gasteiger partial charge >= 0.3 is 0 Å². The molecule has 1 aliphatic heterocycles. The number of anilines is 1. The predicted molar refractivity (Wildman–Crippen MR) is 124 cm³/mol. The lowest BCUT2D eigenvalue weighted by molar-refractivity contribution is 0.199. The average Bonchev–Trinajstić information content (AvgIpc) is 3.43. The Morgan fingerprint density at radius 2 is 1.88 bits per heavy atom. The summed E-state index contributed by atoms with van der Waals surface area (Å²) in [6.45, 7) is 8.72. The molecule has 5 rings (SSSR count). The monoisotopic (exact) mass is 433 g/mol. The molecule has 0 radical (unpaired) electrons. The molecule has 166 valence electrons. The summed E-state index contributed by atoms with van der Waals surface area (Å²) < 4.78 is 17.5. The van der Waals surface area contributed by atoms with Gasteiger partial charge in [-0.05, 0) is 59.2 Å². The summed E-state index contributed by atoms with van der Waals surface area (Å²) in [5, 5.41) is 19.8. The van der Waals surface area contributed by atoms with Crippen molar-refractivity contribution in [2.45, 2.75) is 33.6 Å². The van der Waals surface area contributed by atoms with E-state index in [1.165, 1.54) is 0 Å². The third kappa shape index (κ3) is 3.63. The van der Waals surface area contributed by atoms with E-state index in [1.54, 1.807) is 16.9 Å². The quantitative estimate of drug-likeness (QED) is 0.501. The van der Waals surface area contributed by atoms with Crippen molar-refractivity contribution in [1.29, 1.82) is 0 Å². The molecule has 0 atom stereocenters. The second-order valence-electron chi connectivity index (χ2n) is 9.75. The van der Waals surface area contributed by atoms with Crippen molar-refractivity contribution in [1.82, 2.24) is 30.4 Å². The fourth-order valence-corrected chi connectivity index (χ4v) is 4.84. The van der Waals surface area contributed by atoms with Crippen LogP contribution in [0.25, 0.3) is 33.4 Å². The highest BCUT2D eigenvalue weighted by molar-refractivity contribution is 5.90. The molecule has 0 amide bonds. The van der Waals surface area contributed by atoms with E-state index in [9.17, 15) is 0 Å².